The van der Waals surface area contributed by atoms with Crippen LogP contribution in [0.1, 0.15) is 27.8 Å². The molecule has 7 heteroatoms. The van der Waals surface area contributed by atoms with Gasteiger partial charge in [-0.1, -0.05) is 48.2 Å². The van der Waals surface area contributed by atoms with Crippen LogP contribution < -0.4 is 14.2 Å². The number of aryl methyl sites for hydroxylation is 3. The lowest BCUT2D eigenvalue weighted by Gasteiger charge is -2.21. The third-order valence-electron chi connectivity index (χ3n) is 5.73. The Labute approximate surface area is 219 Å². The summed E-state index contributed by atoms with van der Waals surface area (Å²) in [4.78, 5) is 0.714. The summed E-state index contributed by atoms with van der Waals surface area (Å²) >= 11 is 1.07. The van der Waals surface area contributed by atoms with Gasteiger partial charge in [0.25, 0.3) is 0 Å². The van der Waals surface area contributed by atoms with Crippen LogP contribution in [0.25, 0.3) is 0 Å². The third-order valence-corrected chi connectivity index (χ3v) is 6.81. The molecule has 0 amide bonds. The van der Waals surface area contributed by atoms with E-state index in [2.05, 4.69) is 0 Å². The molecule has 0 saturated heterocycles. The Bertz CT molecular complexity index is 1530. The van der Waals surface area contributed by atoms with Gasteiger partial charge in [0.05, 0.1) is 12.0 Å². The highest BCUT2D eigenvalue weighted by Gasteiger charge is 2.29. The summed E-state index contributed by atoms with van der Waals surface area (Å²) in [7, 11) is 1.56. The number of methoxy groups -OCH3 is 1. The molecule has 4 rings (SSSR count). The van der Waals surface area contributed by atoms with Gasteiger partial charge < -0.3 is 14.2 Å². The molecule has 0 unspecified atom stereocenters. The summed E-state index contributed by atoms with van der Waals surface area (Å²) in [5.41, 5.74) is 1.81. The van der Waals surface area contributed by atoms with E-state index in [-0.39, 0.29) is 22.0 Å². The first kappa shape index (κ1) is 25.6. The summed E-state index contributed by atoms with van der Waals surface area (Å²) in [6, 6.07) is 23.8. The predicted molar refractivity (Wildman–Crippen MR) is 140 cm³/mol. The lowest BCUT2D eigenvalue weighted by Crippen LogP contribution is -2.04. The maximum Gasteiger partial charge on any atom is 0.190 e. The monoisotopic (exact) mass is 510 g/mol. The number of nitriles is 2. The van der Waals surface area contributed by atoms with E-state index in [0.29, 0.717) is 22.1 Å². The number of hydrogen-bond acceptors (Lipinski definition) is 6. The van der Waals surface area contributed by atoms with Crippen LogP contribution in [-0.4, -0.2) is 7.11 Å². The molecule has 0 aliphatic heterocycles. The van der Waals surface area contributed by atoms with E-state index in [4.69, 9.17) is 14.2 Å². The highest BCUT2D eigenvalue weighted by Crippen LogP contribution is 2.50. The number of halogens is 1. The number of rotatable bonds is 7. The molecule has 0 fully saturated rings. The molecule has 0 heterocycles. The van der Waals surface area contributed by atoms with Crippen LogP contribution in [-0.2, 0) is 0 Å². The van der Waals surface area contributed by atoms with Gasteiger partial charge in [-0.15, -0.1) is 0 Å². The lowest BCUT2D eigenvalue weighted by molar-refractivity contribution is 0.397. The zero-order chi connectivity index (χ0) is 26.5. The third kappa shape index (κ3) is 5.23. The fraction of sp³-hybridized carbons (Fsp3) is 0.133. The zero-order valence-electron chi connectivity index (χ0n) is 20.8. The van der Waals surface area contributed by atoms with Crippen molar-refractivity contribution in [3.63, 3.8) is 0 Å². The Morgan fingerprint density at radius 3 is 1.92 bits per heavy atom. The molecule has 0 aliphatic rings. The SMILES string of the molecule is COc1ccc(Sc2c(F)c(C#N)c(C#N)c(Oc3c(C)cccc3C)c2Oc2ccccc2C)cc1. The molecule has 37 heavy (non-hydrogen) atoms. The molecule has 0 aromatic heterocycles. The molecule has 4 aromatic rings. The standard InChI is InChI=1S/C30H23FN2O3S/c1-18-8-5-6-11-25(18)35-29-28(36-27-19(2)9-7-10-20(27)3)24(17-33)23(16-32)26(31)30(29)37-22-14-12-21(34-4)13-15-22/h5-15H,1-4H3. The van der Waals surface area contributed by atoms with Crippen LogP contribution in [0.4, 0.5) is 4.39 Å². The molecule has 5 nitrogen and oxygen atoms in total. The van der Waals surface area contributed by atoms with Crippen LogP contribution in [0.2, 0.25) is 0 Å². The maximum absolute atomic E-state index is 15.9. The highest BCUT2D eigenvalue weighted by atomic mass is 32.2. The van der Waals surface area contributed by atoms with Gasteiger partial charge in [-0.2, -0.15) is 10.5 Å². The summed E-state index contributed by atoms with van der Waals surface area (Å²) in [5.74, 6) is 0.779. The molecule has 0 atom stereocenters. The van der Waals surface area contributed by atoms with E-state index in [1.54, 1.807) is 43.5 Å². The Balaban J connectivity index is 2.00. The van der Waals surface area contributed by atoms with Crippen molar-refractivity contribution in [2.24, 2.45) is 0 Å². The van der Waals surface area contributed by atoms with Crippen molar-refractivity contribution >= 4 is 11.8 Å². The fourth-order valence-electron chi connectivity index (χ4n) is 3.75. The normalized spacial score (nSPS) is 10.4. The van der Waals surface area contributed by atoms with Gasteiger partial charge in [-0.05, 0) is 67.8 Å². The summed E-state index contributed by atoms with van der Waals surface area (Å²) in [5, 5.41) is 19.9. The highest BCUT2D eigenvalue weighted by molar-refractivity contribution is 7.99. The number of benzene rings is 4. The van der Waals surface area contributed by atoms with Gasteiger partial charge in [0, 0.05) is 4.90 Å². The van der Waals surface area contributed by atoms with E-state index < -0.39 is 11.4 Å². The van der Waals surface area contributed by atoms with E-state index in [1.165, 1.54) is 0 Å². The molecular formula is C30H23FN2O3S. The van der Waals surface area contributed by atoms with Crippen LogP contribution >= 0.6 is 11.8 Å². The van der Waals surface area contributed by atoms with Crippen molar-refractivity contribution in [1.29, 1.82) is 10.5 Å². The number of nitrogens with zero attached hydrogens (tertiary/aromatic N) is 2. The van der Waals surface area contributed by atoms with Gasteiger partial charge in [-0.3, -0.25) is 0 Å². The van der Waals surface area contributed by atoms with Crippen LogP contribution in [0.3, 0.4) is 0 Å². The minimum atomic E-state index is -0.850. The van der Waals surface area contributed by atoms with Gasteiger partial charge in [0.15, 0.2) is 17.3 Å². The van der Waals surface area contributed by atoms with Crippen LogP contribution in [0.15, 0.2) is 76.5 Å². The second-order valence-electron chi connectivity index (χ2n) is 8.24. The molecule has 0 aliphatic carbocycles. The Morgan fingerprint density at radius 1 is 0.703 bits per heavy atom. The van der Waals surface area contributed by atoms with Gasteiger partial charge in [0.1, 0.15) is 40.5 Å². The molecule has 184 valence electrons. The van der Waals surface area contributed by atoms with Crippen molar-refractivity contribution < 1.29 is 18.6 Å². The topological polar surface area (TPSA) is 75.3 Å². The van der Waals surface area contributed by atoms with Crippen molar-refractivity contribution in [1.82, 2.24) is 0 Å². The molecule has 0 bridgehead atoms. The molecule has 0 saturated carbocycles. The first-order valence-corrected chi connectivity index (χ1v) is 12.2. The van der Waals surface area contributed by atoms with Gasteiger partial charge in [0.2, 0.25) is 0 Å². The van der Waals surface area contributed by atoms with E-state index >= 15 is 4.39 Å². The first-order chi connectivity index (χ1) is 17.9. The minimum absolute atomic E-state index is 0.0166. The Hall–Kier alpha value is -4.46. The smallest absolute Gasteiger partial charge is 0.190 e. The average Bonchev–Trinajstić information content (AvgIpc) is 2.90. The second-order valence-corrected chi connectivity index (χ2v) is 9.33. The Kier molecular flexibility index (Phi) is 7.67. The van der Waals surface area contributed by atoms with Crippen LogP contribution in [0, 0.1) is 49.3 Å². The number of hydrogen-bond donors (Lipinski definition) is 0. The lowest BCUT2D eigenvalue weighted by atomic mass is 10.1. The quantitative estimate of drug-likeness (QED) is 0.249. The second kappa shape index (κ2) is 11.1. The largest absolute Gasteiger partial charge is 0.497 e. The molecule has 4 aromatic carbocycles. The molecule has 0 spiro atoms. The fourth-order valence-corrected chi connectivity index (χ4v) is 4.68. The predicted octanol–water partition coefficient (Wildman–Crippen LogP) is 8.24. The van der Waals surface area contributed by atoms with Crippen molar-refractivity contribution in [2.75, 3.05) is 7.11 Å². The molecule has 0 N–H and O–H groups in total. The molecular weight excluding hydrogens is 487 g/mol. The average molecular weight is 511 g/mol. The first-order valence-electron chi connectivity index (χ1n) is 11.4. The summed E-state index contributed by atoms with van der Waals surface area (Å²) < 4.78 is 33.8. The number of para-hydroxylation sites is 2. The summed E-state index contributed by atoms with van der Waals surface area (Å²) in [6.07, 6.45) is 0. The van der Waals surface area contributed by atoms with Crippen molar-refractivity contribution in [3.05, 3.63) is 100 Å². The molecule has 0 radical (unpaired) electrons. The van der Waals surface area contributed by atoms with E-state index in [9.17, 15) is 10.5 Å². The van der Waals surface area contributed by atoms with E-state index in [0.717, 1.165) is 28.5 Å². The van der Waals surface area contributed by atoms with Crippen molar-refractivity contribution in [2.45, 2.75) is 30.6 Å². The minimum Gasteiger partial charge on any atom is -0.497 e. The van der Waals surface area contributed by atoms with Crippen LogP contribution in [0.5, 0.6) is 28.7 Å². The maximum atomic E-state index is 15.9. The Morgan fingerprint density at radius 2 is 1.32 bits per heavy atom. The van der Waals surface area contributed by atoms with E-state index in [1.807, 2.05) is 63.2 Å². The zero-order valence-corrected chi connectivity index (χ0v) is 21.6. The number of ether oxygens (including phenoxy) is 3. The summed E-state index contributed by atoms with van der Waals surface area (Å²) in [6.45, 7) is 5.61. The van der Waals surface area contributed by atoms with Gasteiger partial charge in [-0.25, -0.2) is 4.39 Å². The van der Waals surface area contributed by atoms with Gasteiger partial charge >= 0.3 is 0 Å². The van der Waals surface area contributed by atoms with Crippen molar-refractivity contribution in [3.8, 4) is 40.9 Å².